The van der Waals surface area contributed by atoms with Crippen molar-refractivity contribution in [3.05, 3.63) is 65.2 Å². The summed E-state index contributed by atoms with van der Waals surface area (Å²) in [5.41, 5.74) is 3.45. The van der Waals surface area contributed by atoms with E-state index in [0.29, 0.717) is 12.0 Å². The molecule has 3 rings (SSSR count). The van der Waals surface area contributed by atoms with Gasteiger partial charge >= 0.3 is 5.97 Å². The van der Waals surface area contributed by atoms with Crippen molar-refractivity contribution in [3.63, 3.8) is 0 Å². The van der Waals surface area contributed by atoms with Gasteiger partial charge in [0.2, 0.25) is 0 Å². The third-order valence-electron chi connectivity index (χ3n) is 4.33. The maximum absolute atomic E-state index is 13.0. The van der Waals surface area contributed by atoms with Gasteiger partial charge in [0.05, 0.1) is 5.69 Å². The van der Waals surface area contributed by atoms with Crippen molar-refractivity contribution < 1.29 is 14.3 Å². The van der Waals surface area contributed by atoms with Crippen LogP contribution in [-0.4, -0.2) is 17.9 Å². The van der Waals surface area contributed by atoms with Gasteiger partial charge in [-0.3, -0.25) is 9.59 Å². The van der Waals surface area contributed by atoms with Gasteiger partial charge in [0.25, 0.3) is 5.91 Å². The van der Waals surface area contributed by atoms with E-state index >= 15 is 0 Å². The number of nitrogens with zero attached hydrogens (tertiary/aromatic N) is 1. The molecular formula is C20H21NO3. The number of anilines is 1. The first-order valence-electron chi connectivity index (χ1n) is 8.13. The molecule has 1 aliphatic rings. The van der Waals surface area contributed by atoms with Crippen LogP contribution in [0.2, 0.25) is 0 Å². The predicted octanol–water partition coefficient (Wildman–Crippen LogP) is 4.04. The summed E-state index contributed by atoms with van der Waals surface area (Å²) in [6.07, 6.45) is 0.279. The van der Waals surface area contributed by atoms with Crippen molar-refractivity contribution in [1.82, 2.24) is 0 Å². The lowest BCUT2D eigenvalue weighted by molar-refractivity contribution is -0.147. The van der Waals surface area contributed by atoms with E-state index in [1.807, 2.05) is 67.3 Å². The maximum Gasteiger partial charge on any atom is 0.303 e. The minimum Gasteiger partial charge on any atom is -0.458 e. The number of rotatable bonds is 2. The van der Waals surface area contributed by atoms with Crippen LogP contribution in [0.3, 0.4) is 0 Å². The van der Waals surface area contributed by atoms with E-state index in [4.69, 9.17) is 4.74 Å². The Morgan fingerprint density at radius 2 is 1.83 bits per heavy atom. The Labute approximate surface area is 142 Å². The van der Waals surface area contributed by atoms with Gasteiger partial charge in [0.1, 0.15) is 6.10 Å². The Morgan fingerprint density at radius 3 is 2.50 bits per heavy atom. The number of benzene rings is 2. The van der Waals surface area contributed by atoms with Crippen molar-refractivity contribution in [3.8, 4) is 0 Å². The normalized spacial score (nSPS) is 19.5. The number of hydrogen-bond donors (Lipinski definition) is 0. The molecule has 4 nitrogen and oxygen atoms in total. The fraction of sp³-hybridized carbons (Fsp3) is 0.300. The van der Waals surface area contributed by atoms with Crippen LogP contribution in [0.4, 0.5) is 5.69 Å². The molecule has 2 atom stereocenters. The molecule has 4 heteroatoms. The molecule has 0 saturated carbocycles. The molecule has 124 valence electrons. The zero-order valence-corrected chi connectivity index (χ0v) is 14.2. The molecule has 0 fully saturated rings. The number of amides is 1. The quantitative estimate of drug-likeness (QED) is 0.784. The first kappa shape index (κ1) is 16.2. The van der Waals surface area contributed by atoms with Crippen LogP contribution in [0.5, 0.6) is 0 Å². The Kier molecular flexibility index (Phi) is 4.38. The molecule has 1 amide bonds. The first-order chi connectivity index (χ1) is 11.5. The van der Waals surface area contributed by atoms with Gasteiger partial charge in [0.15, 0.2) is 0 Å². The topological polar surface area (TPSA) is 46.6 Å². The number of hydrogen-bond acceptors (Lipinski definition) is 3. The van der Waals surface area contributed by atoms with Gasteiger partial charge in [-0.05, 0) is 32.0 Å². The lowest BCUT2D eigenvalue weighted by Crippen LogP contribution is -2.43. The smallest absolute Gasteiger partial charge is 0.303 e. The fourth-order valence-electron chi connectivity index (χ4n) is 3.27. The summed E-state index contributed by atoms with van der Waals surface area (Å²) in [5.74, 6) is -0.336. The molecule has 0 spiro atoms. The summed E-state index contributed by atoms with van der Waals surface area (Å²) < 4.78 is 5.50. The zero-order chi connectivity index (χ0) is 17.3. The molecule has 1 aliphatic heterocycles. The van der Waals surface area contributed by atoms with Gasteiger partial charge in [-0.2, -0.15) is 0 Å². The van der Waals surface area contributed by atoms with Crippen LogP contribution in [0.1, 0.15) is 47.9 Å². The van der Waals surface area contributed by atoms with E-state index < -0.39 is 0 Å². The van der Waals surface area contributed by atoms with E-state index in [2.05, 4.69) is 0 Å². The standard InChI is InChI=1S/C20H21NO3/c1-13-9-10-18-17(11-13)19(24-15(3)22)12-14(2)21(18)20(23)16-7-5-4-6-8-16/h4-11,14,19H,12H2,1-3H3/t14-,19-/m1/s1. The summed E-state index contributed by atoms with van der Waals surface area (Å²) in [7, 11) is 0. The third-order valence-corrected chi connectivity index (χ3v) is 4.33. The summed E-state index contributed by atoms with van der Waals surface area (Å²) >= 11 is 0. The molecular weight excluding hydrogens is 302 g/mol. The van der Waals surface area contributed by atoms with E-state index in [9.17, 15) is 9.59 Å². The number of esters is 1. The van der Waals surface area contributed by atoms with Crippen molar-refractivity contribution in [1.29, 1.82) is 0 Å². The van der Waals surface area contributed by atoms with Crippen molar-refractivity contribution in [2.75, 3.05) is 4.90 Å². The molecule has 0 radical (unpaired) electrons. The lowest BCUT2D eigenvalue weighted by Gasteiger charge is -2.39. The molecule has 1 heterocycles. The summed E-state index contributed by atoms with van der Waals surface area (Å²) in [6.45, 7) is 5.40. The average Bonchev–Trinajstić information content (AvgIpc) is 2.55. The van der Waals surface area contributed by atoms with Crippen molar-refractivity contribution in [2.24, 2.45) is 0 Å². The molecule has 0 aromatic heterocycles. The summed E-state index contributed by atoms with van der Waals surface area (Å²) in [5, 5.41) is 0. The second kappa shape index (κ2) is 6.48. The maximum atomic E-state index is 13.0. The van der Waals surface area contributed by atoms with E-state index in [-0.39, 0.29) is 24.0 Å². The summed E-state index contributed by atoms with van der Waals surface area (Å²) in [4.78, 5) is 26.3. The number of aryl methyl sites for hydroxylation is 1. The van der Waals surface area contributed by atoms with Crippen LogP contribution in [0, 0.1) is 6.92 Å². The fourth-order valence-corrected chi connectivity index (χ4v) is 3.27. The van der Waals surface area contributed by atoms with Gasteiger partial charge in [-0.25, -0.2) is 0 Å². The monoisotopic (exact) mass is 323 g/mol. The molecule has 0 saturated heterocycles. The minimum absolute atomic E-state index is 0.0329. The van der Waals surface area contributed by atoms with E-state index in [1.54, 1.807) is 0 Å². The predicted molar refractivity (Wildman–Crippen MR) is 93.0 cm³/mol. The SMILES string of the molecule is CC(=O)O[C@@H]1C[C@@H](C)N(C(=O)c2ccccc2)c2ccc(C)cc21. The van der Waals surface area contributed by atoms with Gasteiger partial charge in [-0.15, -0.1) is 0 Å². The highest BCUT2D eigenvalue weighted by molar-refractivity contribution is 6.07. The van der Waals surface area contributed by atoms with Gasteiger partial charge < -0.3 is 9.64 Å². The second-order valence-corrected chi connectivity index (χ2v) is 6.29. The number of carbonyl (C=O) groups excluding carboxylic acids is 2. The van der Waals surface area contributed by atoms with Crippen LogP contribution in [0.25, 0.3) is 0 Å². The average molecular weight is 323 g/mol. The third kappa shape index (κ3) is 3.04. The highest BCUT2D eigenvalue weighted by Crippen LogP contribution is 2.40. The molecule has 0 N–H and O–H groups in total. The Bertz CT molecular complexity index is 770. The highest BCUT2D eigenvalue weighted by Gasteiger charge is 2.35. The van der Waals surface area contributed by atoms with Crippen LogP contribution in [0.15, 0.2) is 48.5 Å². The Balaban J connectivity index is 2.05. The van der Waals surface area contributed by atoms with Crippen molar-refractivity contribution in [2.45, 2.75) is 39.3 Å². The zero-order valence-electron chi connectivity index (χ0n) is 14.2. The second-order valence-electron chi connectivity index (χ2n) is 6.29. The molecule has 0 aliphatic carbocycles. The molecule has 0 unspecified atom stereocenters. The minimum atomic E-state index is -0.313. The summed E-state index contributed by atoms with van der Waals surface area (Å²) in [6, 6.07) is 15.1. The van der Waals surface area contributed by atoms with Crippen molar-refractivity contribution >= 4 is 17.6 Å². The van der Waals surface area contributed by atoms with Crippen LogP contribution < -0.4 is 4.90 Å². The Hall–Kier alpha value is -2.62. The molecule has 2 aromatic rings. The van der Waals surface area contributed by atoms with Crippen LogP contribution >= 0.6 is 0 Å². The molecule has 0 bridgehead atoms. The molecule has 2 aromatic carbocycles. The van der Waals surface area contributed by atoms with Gasteiger partial charge in [0, 0.05) is 30.5 Å². The number of ether oxygens (including phenoxy) is 1. The number of fused-ring (bicyclic) bond motifs is 1. The van der Waals surface area contributed by atoms with Gasteiger partial charge in [-0.1, -0.05) is 35.9 Å². The first-order valence-corrected chi connectivity index (χ1v) is 8.13. The Morgan fingerprint density at radius 1 is 1.12 bits per heavy atom. The van der Waals surface area contributed by atoms with E-state index in [0.717, 1.165) is 16.8 Å². The number of carbonyl (C=O) groups is 2. The molecule has 24 heavy (non-hydrogen) atoms. The lowest BCUT2D eigenvalue weighted by atomic mass is 9.91. The van der Waals surface area contributed by atoms with E-state index in [1.165, 1.54) is 6.92 Å². The highest BCUT2D eigenvalue weighted by atomic mass is 16.5. The van der Waals surface area contributed by atoms with Crippen LogP contribution in [-0.2, 0) is 9.53 Å². The largest absolute Gasteiger partial charge is 0.458 e.